The van der Waals surface area contributed by atoms with Crippen molar-refractivity contribution in [3.05, 3.63) is 0 Å². The van der Waals surface area contributed by atoms with E-state index in [4.69, 9.17) is 0 Å². The van der Waals surface area contributed by atoms with Gasteiger partial charge < -0.3 is 5.32 Å². The Morgan fingerprint density at radius 3 is 2.60 bits per heavy atom. The Morgan fingerprint density at radius 2 is 1.87 bits per heavy atom. The lowest BCUT2D eigenvalue weighted by Crippen LogP contribution is -2.32. The van der Waals surface area contributed by atoms with Crippen LogP contribution in [0.25, 0.3) is 0 Å². The number of nitrogens with one attached hydrogen (secondary N) is 1. The Bertz CT molecular complexity index is 195. The van der Waals surface area contributed by atoms with Crippen LogP contribution < -0.4 is 5.32 Å². The lowest BCUT2D eigenvalue weighted by Gasteiger charge is -2.30. The summed E-state index contributed by atoms with van der Waals surface area (Å²) in [7, 11) is 2.13. The van der Waals surface area contributed by atoms with E-state index in [1.54, 1.807) is 0 Å². The van der Waals surface area contributed by atoms with Crippen LogP contribution in [0.15, 0.2) is 0 Å². The van der Waals surface area contributed by atoms with Gasteiger partial charge in [-0.25, -0.2) is 0 Å². The highest BCUT2D eigenvalue weighted by Crippen LogP contribution is 2.39. The first-order valence-corrected chi connectivity index (χ1v) is 7.56. The summed E-state index contributed by atoms with van der Waals surface area (Å²) in [6.45, 7) is 2.43. The Balaban J connectivity index is 1.80. The first kappa shape index (κ1) is 11.8. The van der Waals surface area contributed by atoms with Gasteiger partial charge in [0.25, 0.3) is 0 Å². The van der Waals surface area contributed by atoms with Gasteiger partial charge in [-0.1, -0.05) is 26.2 Å². The first-order chi connectivity index (χ1) is 7.29. The van der Waals surface area contributed by atoms with Crippen molar-refractivity contribution in [1.82, 2.24) is 5.32 Å². The maximum absolute atomic E-state index is 3.49. The highest BCUT2D eigenvalue weighted by atomic mass is 32.2. The first-order valence-electron chi connectivity index (χ1n) is 6.62. The van der Waals surface area contributed by atoms with Gasteiger partial charge in [0.15, 0.2) is 0 Å². The van der Waals surface area contributed by atoms with Crippen molar-refractivity contribution in [3.63, 3.8) is 0 Å². The Labute approximate surface area is 98.8 Å². The molecule has 0 aromatic rings. The third-order valence-electron chi connectivity index (χ3n) is 4.08. The molecule has 2 rings (SSSR count). The molecule has 0 spiro atoms. The minimum absolute atomic E-state index is 0.798. The molecule has 15 heavy (non-hydrogen) atoms. The zero-order valence-electron chi connectivity index (χ0n) is 10.2. The molecule has 2 fully saturated rings. The van der Waals surface area contributed by atoms with Gasteiger partial charge in [0.1, 0.15) is 0 Å². The smallest absolute Gasteiger partial charge is 0.0203 e. The molecular weight excluding hydrogens is 202 g/mol. The molecule has 0 radical (unpaired) electrons. The SMILES string of the molecule is CNC1CCCC1SC1CCCC(C)C1. The topological polar surface area (TPSA) is 12.0 Å². The molecule has 2 saturated carbocycles. The van der Waals surface area contributed by atoms with Crippen LogP contribution in [0.4, 0.5) is 0 Å². The Hall–Kier alpha value is 0.310. The highest BCUT2D eigenvalue weighted by Gasteiger charge is 2.30. The Kier molecular flexibility index (Phi) is 4.39. The Morgan fingerprint density at radius 1 is 1.07 bits per heavy atom. The minimum atomic E-state index is 0.798. The van der Waals surface area contributed by atoms with E-state index in [-0.39, 0.29) is 0 Å². The molecule has 0 amide bonds. The van der Waals surface area contributed by atoms with Crippen molar-refractivity contribution in [2.24, 2.45) is 5.92 Å². The molecule has 2 aliphatic carbocycles. The third-order valence-corrected chi connectivity index (χ3v) is 5.81. The minimum Gasteiger partial charge on any atom is -0.316 e. The van der Waals surface area contributed by atoms with Crippen LogP contribution in [0.3, 0.4) is 0 Å². The average molecular weight is 227 g/mol. The van der Waals surface area contributed by atoms with Crippen LogP contribution in [0.2, 0.25) is 0 Å². The molecule has 0 bridgehead atoms. The third kappa shape index (κ3) is 3.13. The van der Waals surface area contributed by atoms with Crippen molar-refractivity contribution in [2.45, 2.75) is 68.4 Å². The lowest BCUT2D eigenvalue weighted by atomic mass is 9.91. The van der Waals surface area contributed by atoms with Crippen LogP contribution in [0, 0.1) is 5.92 Å². The maximum atomic E-state index is 3.49. The van der Waals surface area contributed by atoms with Crippen LogP contribution in [0.5, 0.6) is 0 Å². The fourth-order valence-electron chi connectivity index (χ4n) is 3.17. The second-order valence-electron chi connectivity index (χ2n) is 5.39. The van der Waals surface area contributed by atoms with Gasteiger partial charge in [0.2, 0.25) is 0 Å². The van der Waals surface area contributed by atoms with E-state index < -0.39 is 0 Å². The van der Waals surface area contributed by atoms with E-state index in [0.29, 0.717) is 0 Å². The van der Waals surface area contributed by atoms with Gasteiger partial charge >= 0.3 is 0 Å². The fourth-order valence-corrected chi connectivity index (χ4v) is 5.17. The van der Waals surface area contributed by atoms with E-state index in [9.17, 15) is 0 Å². The highest BCUT2D eigenvalue weighted by molar-refractivity contribution is 8.00. The maximum Gasteiger partial charge on any atom is 0.0203 e. The molecule has 0 aliphatic heterocycles. The zero-order chi connectivity index (χ0) is 10.7. The van der Waals surface area contributed by atoms with Gasteiger partial charge in [0, 0.05) is 16.5 Å². The van der Waals surface area contributed by atoms with Crippen molar-refractivity contribution >= 4 is 11.8 Å². The second-order valence-corrected chi connectivity index (χ2v) is 6.94. The van der Waals surface area contributed by atoms with Gasteiger partial charge in [-0.2, -0.15) is 11.8 Å². The van der Waals surface area contributed by atoms with Crippen LogP contribution in [-0.2, 0) is 0 Å². The summed E-state index contributed by atoms with van der Waals surface area (Å²) in [4.78, 5) is 0. The summed E-state index contributed by atoms with van der Waals surface area (Å²) in [5.41, 5.74) is 0. The van der Waals surface area contributed by atoms with Crippen molar-refractivity contribution in [2.75, 3.05) is 7.05 Å². The number of thioether (sulfide) groups is 1. The zero-order valence-corrected chi connectivity index (χ0v) is 11.0. The van der Waals surface area contributed by atoms with E-state index >= 15 is 0 Å². The van der Waals surface area contributed by atoms with E-state index in [1.165, 1.54) is 44.9 Å². The van der Waals surface area contributed by atoms with Crippen molar-refractivity contribution in [1.29, 1.82) is 0 Å². The molecule has 1 N–H and O–H groups in total. The molecule has 2 aliphatic rings. The predicted octanol–water partition coefficient (Wildman–Crippen LogP) is 3.44. The second kappa shape index (κ2) is 5.58. The molecule has 1 nitrogen and oxygen atoms in total. The summed E-state index contributed by atoms with van der Waals surface area (Å²) in [6.07, 6.45) is 10.2. The van der Waals surface area contributed by atoms with Crippen molar-refractivity contribution < 1.29 is 0 Å². The molecule has 4 atom stereocenters. The number of hydrogen-bond donors (Lipinski definition) is 1. The van der Waals surface area contributed by atoms with Crippen LogP contribution in [-0.4, -0.2) is 23.6 Å². The standard InChI is InChI=1S/C13H25NS/c1-10-5-3-6-11(9-10)15-13-8-4-7-12(13)14-2/h10-14H,3-9H2,1-2H3. The quantitative estimate of drug-likeness (QED) is 0.792. The molecule has 88 valence electrons. The van der Waals surface area contributed by atoms with Gasteiger partial charge in [-0.3, -0.25) is 0 Å². The molecule has 0 saturated heterocycles. The van der Waals surface area contributed by atoms with Crippen LogP contribution >= 0.6 is 11.8 Å². The van der Waals surface area contributed by atoms with Crippen molar-refractivity contribution in [3.8, 4) is 0 Å². The summed E-state index contributed by atoms with van der Waals surface area (Å²) in [6, 6.07) is 0.798. The molecule has 0 aromatic carbocycles. The average Bonchev–Trinajstić information content (AvgIpc) is 2.65. The van der Waals surface area contributed by atoms with Crippen LogP contribution in [0.1, 0.15) is 51.9 Å². The van der Waals surface area contributed by atoms with E-state index in [2.05, 4.69) is 31.1 Å². The molecular formula is C13H25NS. The molecule has 2 heteroatoms. The summed E-state index contributed by atoms with van der Waals surface area (Å²) in [5.74, 6) is 0.977. The summed E-state index contributed by atoms with van der Waals surface area (Å²) >= 11 is 2.30. The van der Waals surface area contributed by atoms with Gasteiger partial charge in [-0.15, -0.1) is 0 Å². The number of rotatable bonds is 3. The van der Waals surface area contributed by atoms with E-state index in [0.717, 1.165) is 22.5 Å². The lowest BCUT2D eigenvalue weighted by molar-refractivity contribution is 0.393. The van der Waals surface area contributed by atoms with Gasteiger partial charge in [-0.05, 0) is 38.6 Å². The summed E-state index contributed by atoms with van der Waals surface area (Å²) in [5, 5.41) is 5.37. The molecule has 4 unspecified atom stereocenters. The molecule has 0 aromatic heterocycles. The largest absolute Gasteiger partial charge is 0.316 e. The fraction of sp³-hybridized carbons (Fsp3) is 1.00. The van der Waals surface area contributed by atoms with E-state index in [1.807, 2.05) is 0 Å². The monoisotopic (exact) mass is 227 g/mol. The predicted molar refractivity (Wildman–Crippen MR) is 69.5 cm³/mol. The summed E-state index contributed by atoms with van der Waals surface area (Å²) < 4.78 is 0. The molecule has 0 heterocycles. The number of hydrogen-bond acceptors (Lipinski definition) is 2. The van der Waals surface area contributed by atoms with Gasteiger partial charge in [0.05, 0.1) is 0 Å². The normalized spacial score (nSPS) is 42.0.